The highest BCUT2D eigenvalue weighted by Crippen LogP contribution is 2.19. The Kier molecular flexibility index (Phi) is 4.88. The molecular formula is C15H17N3O4. The quantitative estimate of drug-likeness (QED) is 0.845. The van der Waals surface area contributed by atoms with Gasteiger partial charge >= 0.3 is 5.97 Å². The van der Waals surface area contributed by atoms with Gasteiger partial charge in [-0.2, -0.15) is 0 Å². The van der Waals surface area contributed by atoms with Crippen LogP contribution in [-0.4, -0.2) is 33.2 Å². The molecule has 1 atom stereocenters. The van der Waals surface area contributed by atoms with Crippen molar-refractivity contribution in [2.75, 3.05) is 0 Å². The third kappa shape index (κ3) is 3.91. The van der Waals surface area contributed by atoms with Gasteiger partial charge < -0.3 is 14.9 Å². The van der Waals surface area contributed by atoms with E-state index in [-0.39, 0.29) is 11.6 Å². The van der Waals surface area contributed by atoms with Crippen LogP contribution < -0.4 is 5.32 Å². The van der Waals surface area contributed by atoms with E-state index in [9.17, 15) is 9.59 Å². The van der Waals surface area contributed by atoms with Crippen LogP contribution in [0.4, 0.5) is 0 Å². The first-order valence-corrected chi connectivity index (χ1v) is 6.88. The third-order valence-corrected chi connectivity index (χ3v) is 3.00. The van der Waals surface area contributed by atoms with Crippen molar-refractivity contribution in [3.63, 3.8) is 0 Å². The Bertz CT molecular complexity index is 652. The summed E-state index contributed by atoms with van der Waals surface area (Å²) < 4.78 is 5.10. The van der Waals surface area contributed by atoms with Crippen LogP contribution in [0.5, 0.6) is 0 Å². The lowest BCUT2D eigenvalue weighted by molar-refractivity contribution is -0.139. The number of hydrogen-bond acceptors (Lipinski definition) is 5. The maximum Gasteiger partial charge on any atom is 0.326 e. The zero-order chi connectivity index (χ0) is 16.1. The molecule has 2 aromatic heterocycles. The molecule has 0 saturated heterocycles. The van der Waals surface area contributed by atoms with Gasteiger partial charge in [-0.15, -0.1) is 0 Å². The second kappa shape index (κ2) is 6.84. The Morgan fingerprint density at radius 3 is 2.77 bits per heavy atom. The van der Waals surface area contributed by atoms with Crippen LogP contribution in [-0.2, 0) is 4.79 Å². The summed E-state index contributed by atoms with van der Waals surface area (Å²) in [4.78, 5) is 27.2. The molecule has 0 aromatic carbocycles. The number of amides is 1. The summed E-state index contributed by atoms with van der Waals surface area (Å²) in [6.45, 7) is 3.78. The van der Waals surface area contributed by atoms with Crippen LogP contribution in [0, 0.1) is 5.92 Å². The van der Waals surface area contributed by atoms with Crippen molar-refractivity contribution in [2.45, 2.75) is 26.3 Å². The zero-order valence-electron chi connectivity index (χ0n) is 12.3. The summed E-state index contributed by atoms with van der Waals surface area (Å²) in [6.07, 6.45) is 3.55. The summed E-state index contributed by atoms with van der Waals surface area (Å²) in [5, 5.41) is 15.3. The first kappa shape index (κ1) is 15.7. The van der Waals surface area contributed by atoms with Gasteiger partial charge in [-0.25, -0.2) is 4.79 Å². The Balaban J connectivity index is 2.10. The molecule has 2 heterocycles. The number of nitrogens with one attached hydrogen (secondary N) is 1. The van der Waals surface area contributed by atoms with Gasteiger partial charge in [-0.05, 0) is 24.5 Å². The second-order valence-electron chi connectivity index (χ2n) is 5.31. The molecule has 2 rings (SSSR count). The lowest BCUT2D eigenvalue weighted by atomic mass is 10.0. The smallest absolute Gasteiger partial charge is 0.326 e. The number of carboxylic acid groups (broad SMARTS) is 1. The fourth-order valence-electron chi connectivity index (χ4n) is 1.95. The monoisotopic (exact) mass is 303 g/mol. The number of hydrogen-bond donors (Lipinski definition) is 2. The van der Waals surface area contributed by atoms with Gasteiger partial charge in [0, 0.05) is 24.0 Å². The van der Waals surface area contributed by atoms with E-state index >= 15 is 0 Å². The number of rotatable bonds is 6. The highest BCUT2D eigenvalue weighted by molar-refractivity contribution is 5.95. The predicted octanol–water partition coefficient (Wildman–Crippen LogP) is 1.97. The minimum Gasteiger partial charge on any atom is -0.480 e. The van der Waals surface area contributed by atoms with E-state index in [1.54, 1.807) is 24.5 Å². The van der Waals surface area contributed by atoms with E-state index in [2.05, 4.69) is 15.5 Å². The van der Waals surface area contributed by atoms with E-state index in [4.69, 9.17) is 9.63 Å². The molecule has 0 bridgehead atoms. The van der Waals surface area contributed by atoms with Gasteiger partial charge in [-0.1, -0.05) is 19.0 Å². The topological polar surface area (TPSA) is 105 Å². The standard InChI is InChI=1S/C15H17N3O4/c1-9(2)6-12(15(20)21)17-14(19)11-7-13(22-18-11)10-4-3-5-16-8-10/h3-5,7-9,12H,6H2,1-2H3,(H,17,19)(H,20,21). The Morgan fingerprint density at radius 1 is 1.41 bits per heavy atom. The normalized spacial score (nSPS) is 12.1. The minimum atomic E-state index is -1.07. The van der Waals surface area contributed by atoms with Crippen LogP contribution in [0.1, 0.15) is 30.8 Å². The van der Waals surface area contributed by atoms with Gasteiger partial charge in [0.15, 0.2) is 11.5 Å². The van der Waals surface area contributed by atoms with Gasteiger partial charge in [0.1, 0.15) is 6.04 Å². The number of pyridine rings is 1. The van der Waals surface area contributed by atoms with E-state index in [1.165, 1.54) is 6.07 Å². The second-order valence-corrected chi connectivity index (χ2v) is 5.31. The summed E-state index contributed by atoms with van der Waals surface area (Å²) in [6, 6.07) is 4.01. The van der Waals surface area contributed by atoms with Crippen molar-refractivity contribution in [1.29, 1.82) is 0 Å². The third-order valence-electron chi connectivity index (χ3n) is 3.00. The van der Waals surface area contributed by atoms with Crippen molar-refractivity contribution >= 4 is 11.9 Å². The summed E-state index contributed by atoms with van der Waals surface area (Å²) in [7, 11) is 0. The van der Waals surface area contributed by atoms with E-state index < -0.39 is 17.9 Å². The molecule has 7 heteroatoms. The van der Waals surface area contributed by atoms with Crippen molar-refractivity contribution in [3.8, 4) is 11.3 Å². The van der Waals surface area contributed by atoms with Crippen LogP contribution in [0.15, 0.2) is 35.1 Å². The SMILES string of the molecule is CC(C)CC(NC(=O)c1cc(-c2cccnc2)on1)C(=O)O. The average Bonchev–Trinajstić information content (AvgIpc) is 2.96. The van der Waals surface area contributed by atoms with Crippen molar-refractivity contribution in [2.24, 2.45) is 5.92 Å². The molecule has 7 nitrogen and oxygen atoms in total. The summed E-state index contributed by atoms with van der Waals surface area (Å²) in [5.41, 5.74) is 0.722. The van der Waals surface area contributed by atoms with Crippen LogP contribution in [0.25, 0.3) is 11.3 Å². The molecule has 0 radical (unpaired) electrons. The number of aliphatic carboxylic acids is 1. The molecule has 116 valence electrons. The molecule has 1 unspecified atom stereocenters. The fourth-order valence-corrected chi connectivity index (χ4v) is 1.95. The Morgan fingerprint density at radius 2 is 2.18 bits per heavy atom. The number of nitrogens with zero attached hydrogens (tertiary/aromatic N) is 2. The van der Waals surface area contributed by atoms with E-state index in [0.717, 1.165) is 0 Å². The lowest BCUT2D eigenvalue weighted by Crippen LogP contribution is -2.41. The van der Waals surface area contributed by atoms with Crippen molar-refractivity contribution in [3.05, 3.63) is 36.3 Å². The van der Waals surface area contributed by atoms with Crippen LogP contribution in [0.3, 0.4) is 0 Å². The lowest BCUT2D eigenvalue weighted by Gasteiger charge is -2.15. The number of aromatic nitrogens is 2. The van der Waals surface area contributed by atoms with Crippen LogP contribution >= 0.6 is 0 Å². The molecule has 0 spiro atoms. The maximum atomic E-state index is 12.1. The van der Waals surface area contributed by atoms with Crippen LogP contribution in [0.2, 0.25) is 0 Å². The van der Waals surface area contributed by atoms with Gasteiger partial charge in [0.25, 0.3) is 5.91 Å². The minimum absolute atomic E-state index is 0.0360. The number of carbonyl (C=O) groups is 2. The van der Waals surface area contributed by atoms with Crippen molar-refractivity contribution < 1.29 is 19.2 Å². The summed E-state index contributed by atoms with van der Waals surface area (Å²) >= 11 is 0. The highest BCUT2D eigenvalue weighted by Gasteiger charge is 2.23. The molecule has 0 saturated carbocycles. The van der Waals surface area contributed by atoms with E-state index in [0.29, 0.717) is 17.7 Å². The van der Waals surface area contributed by atoms with Gasteiger partial charge in [0.05, 0.1) is 0 Å². The maximum absolute atomic E-state index is 12.1. The van der Waals surface area contributed by atoms with Gasteiger partial charge in [-0.3, -0.25) is 9.78 Å². The Hall–Kier alpha value is -2.70. The molecule has 2 aromatic rings. The molecule has 22 heavy (non-hydrogen) atoms. The molecular weight excluding hydrogens is 286 g/mol. The molecule has 1 amide bonds. The van der Waals surface area contributed by atoms with Crippen molar-refractivity contribution in [1.82, 2.24) is 15.5 Å². The molecule has 2 N–H and O–H groups in total. The molecule has 0 aliphatic heterocycles. The first-order chi connectivity index (χ1) is 10.5. The highest BCUT2D eigenvalue weighted by atomic mass is 16.5. The zero-order valence-corrected chi connectivity index (χ0v) is 12.3. The average molecular weight is 303 g/mol. The Labute approximate surface area is 127 Å². The predicted molar refractivity (Wildman–Crippen MR) is 78.1 cm³/mol. The molecule has 0 aliphatic rings. The first-order valence-electron chi connectivity index (χ1n) is 6.88. The number of carboxylic acids is 1. The molecule has 0 aliphatic carbocycles. The fraction of sp³-hybridized carbons (Fsp3) is 0.333. The number of carbonyl (C=O) groups excluding carboxylic acids is 1. The largest absolute Gasteiger partial charge is 0.480 e. The van der Waals surface area contributed by atoms with E-state index in [1.807, 2.05) is 13.8 Å². The van der Waals surface area contributed by atoms with Gasteiger partial charge in [0.2, 0.25) is 0 Å². The summed E-state index contributed by atoms with van der Waals surface area (Å²) in [5.74, 6) is -1.11. The molecule has 0 fully saturated rings.